The van der Waals surface area contributed by atoms with Gasteiger partial charge < -0.3 is 4.74 Å². The predicted molar refractivity (Wildman–Crippen MR) is 119 cm³/mol. The number of carbonyl (C=O) groups is 1. The van der Waals surface area contributed by atoms with E-state index in [9.17, 15) is 4.79 Å². The van der Waals surface area contributed by atoms with Crippen LogP contribution in [0.25, 0.3) is 0 Å². The fraction of sp³-hybridized carbons (Fsp3) is 0.0909. The average Bonchev–Trinajstić information content (AvgIpc) is 2.69. The van der Waals surface area contributed by atoms with Crippen LogP contribution in [-0.4, -0.2) is 12.1 Å². The third-order valence-corrected chi connectivity index (χ3v) is 5.21. The monoisotopic (exact) mass is 500 g/mol. The van der Waals surface area contributed by atoms with E-state index >= 15 is 0 Å². The molecule has 0 radical (unpaired) electrons. The number of rotatable bonds is 6. The molecule has 28 heavy (non-hydrogen) atoms. The lowest BCUT2D eigenvalue weighted by Crippen LogP contribution is -2.17. The number of amides is 1. The van der Waals surface area contributed by atoms with Crippen molar-refractivity contribution < 1.29 is 9.53 Å². The minimum absolute atomic E-state index is 0.240. The van der Waals surface area contributed by atoms with Crippen molar-refractivity contribution in [3.63, 3.8) is 0 Å². The highest BCUT2D eigenvalue weighted by molar-refractivity contribution is 9.11. The maximum Gasteiger partial charge on any atom is 0.271 e. The molecule has 3 aromatic carbocycles. The van der Waals surface area contributed by atoms with Gasteiger partial charge in [-0.15, -0.1) is 0 Å². The summed E-state index contributed by atoms with van der Waals surface area (Å²) < 4.78 is 7.83. The fourth-order valence-corrected chi connectivity index (χ4v) is 3.55. The quantitative estimate of drug-likeness (QED) is 0.339. The normalized spacial score (nSPS) is 10.8. The van der Waals surface area contributed by atoms with Crippen LogP contribution in [0.5, 0.6) is 5.75 Å². The minimum Gasteiger partial charge on any atom is -0.489 e. The van der Waals surface area contributed by atoms with Crippen LogP contribution in [0, 0.1) is 6.92 Å². The van der Waals surface area contributed by atoms with Crippen molar-refractivity contribution >= 4 is 44.0 Å². The second-order valence-electron chi connectivity index (χ2n) is 6.16. The summed E-state index contributed by atoms with van der Waals surface area (Å²) in [6, 6.07) is 20.8. The van der Waals surface area contributed by atoms with Crippen LogP contribution in [0.1, 0.15) is 27.0 Å². The van der Waals surface area contributed by atoms with E-state index < -0.39 is 0 Å². The topological polar surface area (TPSA) is 50.7 Å². The molecule has 0 heterocycles. The minimum atomic E-state index is -0.240. The van der Waals surface area contributed by atoms with Gasteiger partial charge in [-0.05, 0) is 61.0 Å². The first-order chi connectivity index (χ1) is 13.5. The Morgan fingerprint density at radius 2 is 1.75 bits per heavy atom. The first-order valence-electron chi connectivity index (χ1n) is 8.58. The number of benzene rings is 3. The van der Waals surface area contributed by atoms with E-state index in [2.05, 4.69) is 42.4 Å². The van der Waals surface area contributed by atoms with E-state index in [0.717, 1.165) is 31.4 Å². The summed E-state index contributed by atoms with van der Waals surface area (Å²) in [6.45, 7) is 2.44. The summed E-state index contributed by atoms with van der Waals surface area (Å²) in [5, 5.41) is 4.01. The molecule has 3 aromatic rings. The number of nitrogens with one attached hydrogen (secondary N) is 1. The Bertz CT molecular complexity index is 984. The molecule has 0 aliphatic carbocycles. The van der Waals surface area contributed by atoms with Crippen LogP contribution >= 0.6 is 31.9 Å². The summed E-state index contributed by atoms with van der Waals surface area (Å²) in [6.07, 6.45) is 1.60. The van der Waals surface area contributed by atoms with Crippen molar-refractivity contribution in [2.45, 2.75) is 13.5 Å². The predicted octanol–water partition coefficient (Wildman–Crippen LogP) is 5.86. The summed E-state index contributed by atoms with van der Waals surface area (Å²) in [5.41, 5.74) is 6.14. The van der Waals surface area contributed by atoms with E-state index in [4.69, 9.17) is 4.74 Å². The molecule has 0 aliphatic rings. The molecule has 0 aromatic heterocycles. The van der Waals surface area contributed by atoms with Gasteiger partial charge in [-0.3, -0.25) is 4.79 Å². The molecule has 6 heteroatoms. The molecule has 1 amide bonds. The molecule has 0 spiro atoms. The third-order valence-electron chi connectivity index (χ3n) is 3.98. The Morgan fingerprint density at radius 3 is 2.43 bits per heavy atom. The Labute approximate surface area is 180 Å². The average molecular weight is 502 g/mol. The zero-order chi connectivity index (χ0) is 19.9. The smallest absolute Gasteiger partial charge is 0.271 e. The van der Waals surface area contributed by atoms with Gasteiger partial charge >= 0.3 is 0 Å². The fourth-order valence-electron chi connectivity index (χ4n) is 2.38. The van der Waals surface area contributed by atoms with Gasteiger partial charge in [0.15, 0.2) is 0 Å². The van der Waals surface area contributed by atoms with E-state index in [0.29, 0.717) is 12.2 Å². The summed E-state index contributed by atoms with van der Waals surface area (Å²) in [4.78, 5) is 12.0. The Kier molecular flexibility index (Phi) is 7.01. The van der Waals surface area contributed by atoms with Crippen molar-refractivity contribution in [2.75, 3.05) is 0 Å². The van der Waals surface area contributed by atoms with Crippen molar-refractivity contribution in [2.24, 2.45) is 5.10 Å². The van der Waals surface area contributed by atoms with Gasteiger partial charge in [0.1, 0.15) is 12.4 Å². The number of nitrogens with zero attached hydrogens (tertiary/aromatic N) is 1. The second-order valence-corrected chi connectivity index (χ2v) is 7.93. The van der Waals surface area contributed by atoms with Gasteiger partial charge in [0.25, 0.3) is 5.91 Å². The molecular weight excluding hydrogens is 484 g/mol. The molecule has 0 bridgehead atoms. The first-order valence-corrected chi connectivity index (χ1v) is 10.2. The third kappa shape index (κ3) is 5.78. The highest BCUT2D eigenvalue weighted by atomic mass is 79.9. The van der Waals surface area contributed by atoms with Gasteiger partial charge in [0.2, 0.25) is 0 Å². The van der Waals surface area contributed by atoms with Crippen LogP contribution in [-0.2, 0) is 6.61 Å². The number of aryl methyl sites for hydroxylation is 1. The van der Waals surface area contributed by atoms with E-state index in [1.807, 2.05) is 61.5 Å². The summed E-state index contributed by atoms with van der Waals surface area (Å²) in [7, 11) is 0. The van der Waals surface area contributed by atoms with Gasteiger partial charge in [0, 0.05) is 20.1 Å². The number of hydrogen-bond acceptors (Lipinski definition) is 3. The lowest BCUT2D eigenvalue weighted by molar-refractivity contribution is 0.0955. The number of halogens is 2. The van der Waals surface area contributed by atoms with Crippen molar-refractivity contribution in [1.82, 2.24) is 5.43 Å². The molecule has 1 N–H and O–H groups in total. The van der Waals surface area contributed by atoms with Gasteiger partial charge in [-0.2, -0.15) is 5.10 Å². The Morgan fingerprint density at radius 1 is 1.04 bits per heavy atom. The van der Waals surface area contributed by atoms with Gasteiger partial charge in [0.05, 0.1) is 6.21 Å². The van der Waals surface area contributed by atoms with Crippen molar-refractivity contribution in [1.29, 1.82) is 0 Å². The van der Waals surface area contributed by atoms with E-state index in [-0.39, 0.29) is 5.91 Å². The molecule has 0 unspecified atom stereocenters. The van der Waals surface area contributed by atoms with Crippen molar-refractivity contribution in [3.8, 4) is 5.75 Å². The number of carbonyl (C=O) groups excluding carboxylic acids is 1. The molecule has 4 nitrogen and oxygen atoms in total. The molecular formula is C22H18Br2N2O2. The maximum atomic E-state index is 12.0. The maximum absolute atomic E-state index is 12.0. The number of ether oxygens (including phenoxy) is 1. The standard InChI is InChI=1S/C22H18Br2N2O2/c1-15-2-6-17(7-3-15)22(27)26-25-13-16-4-10-20(11-5-16)28-14-18-8-9-19(23)12-21(18)24/h2-13H,14H2,1H3,(H,26,27)/b25-13-. The van der Waals surface area contributed by atoms with E-state index in [1.165, 1.54) is 0 Å². The summed E-state index contributed by atoms with van der Waals surface area (Å²) >= 11 is 6.97. The molecule has 0 saturated heterocycles. The van der Waals surface area contributed by atoms with Crippen LogP contribution in [0.15, 0.2) is 80.8 Å². The summed E-state index contributed by atoms with van der Waals surface area (Å²) in [5.74, 6) is 0.520. The molecule has 0 saturated carbocycles. The molecule has 142 valence electrons. The Balaban J connectivity index is 1.53. The largest absolute Gasteiger partial charge is 0.489 e. The molecule has 0 fully saturated rings. The van der Waals surface area contributed by atoms with Crippen molar-refractivity contribution in [3.05, 3.63) is 97.9 Å². The van der Waals surface area contributed by atoms with Crippen LogP contribution in [0.3, 0.4) is 0 Å². The molecule has 3 rings (SSSR count). The Hall–Kier alpha value is -2.44. The van der Waals surface area contributed by atoms with Gasteiger partial charge in [-0.1, -0.05) is 55.6 Å². The lowest BCUT2D eigenvalue weighted by atomic mass is 10.1. The van der Waals surface area contributed by atoms with Gasteiger partial charge in [-0.25, -0.2) is 5.43 Å². The lowest BCUT2D eigenvalue weighted by Gasteiger charge is -2.08. The number of hydrogen-bond donors (Lipinski definition) is 1. The number of hydrazone groups is 1. The zero-order valence-corrected chi connectivity index (χ0v) is 18.3. The van der Waals surface area contributed by atoms with Crippen LogP contribution in [0.4, 0.5) is 0 Å². The SMILES string of the molecule is Cc1ccc(C(=O)N/N=C\c2ccc(OCc3ccc(Br)cc3Br)cc2)cc1. The highest BCUT2D eigenvalue weighted by Crippen LogP contribution is 2.23. The zero-order valence-electron chi connectivity index (χ0n) is 15.2. The highest BCUT2D eigenvalue weighted by Gasteiger charge is 2.04. The first kappa shape index (κ1) is 20.3. The van der Waals surface area contributed by atoms with Crippen LogP contribution < -0.4 is 10.2 Å². The molecule has 0 aliphatic heterocycles. The van der Waals surface area contributed by atoms with E-state index in [1.54, 1.807) is 18.3 Å². The molecule has 0 atom stereocenters. The second kappa shape index (κ2) is 9.66. The van der Waals surface area contributed by atoms with Crippen LogP contribution in [0.2, 0.25) is 0 Å².